The summed E-state index contributed by atoms with van der Waals surface area (Å²) in [5.74, 6) is -0.483. The van der Waals surface area contributed by atoms with E-state index in [4.69, 9.17) is 0 Å². The molecule has 23 heavy (non-hydrogen) atoms. The second-order valence-electron chi connectivity index (χ2n) is 5.94. The smallest absolute Gasteiger partial charge is 0.279 e. The molecule has 0 aromatic carbocycles. The Bertz CT molecular complexity index is 629. The van der Waals surface area contributed by atoms with Crippen LogP contribution in [0.3, 0.4) is 0 Å². The first-order chi connectivity index (χ1) is 11.0. The molecule has 2 heterocycles. The SMILES string of the molecule is O=C(NNC(=O)C1CCCN(C(=O)C2CC2)C1)c1ccc(Br)s1. The molecule has 2 fully saturated rings. The second-order valence-corrected chi connectivity index (χ2v) is 8.41. The Kier molecular flexibility index (Phi) is 5.01. The van der Waals surface area contributed by atoms with E-state index in [0.29, 0.717) is 11.4 Å². The van der Waals surface area contributed by atoms with Gasteiger partial charge >= 0.3 is 0 Å². The van der Waals surface area contributed by atoms with E-state index < -0.39 is 0 Å². The molecule has 8 heteroatoms. The normalized spacial score (nSPS) is 20.9. The zero-order valence-corrected chi connectivity index (χ0v) is 14.9. The first-order valence-corrected chi connectivity index (χ1v) is 9.30. The van der Waals surface area contributed by atoms with E-state index in [1.807, 2.05) is 0 Å². The number of nitrogens with zero attached hydrogens (tertiary/aromatic N) is 1. The van der Waals surface area contributed by atoms with Gasteiger partial charge in [0.15, 0.2) is 0 Å². The van der Waals surface area contributed by atoms with Crippen LogP contribution < -0.4 is 10.9 Å². The van der Waals surface area contributed by atoms with Crippen molar-refractivity contribution in [2.24, 2.45) is 11.8 Å². The van der Waals surface area contributed by atoms with Gasteiger partial charge in [0.05, 0.1) is 14.6 Å². The van der Waals surface area contributed by atoms with Gasteiger partial charge in [-0.3, -0.25) is 25.2 Å². The summed E-state index contributed by atoms with van der Waals surface area (Å²) in [7, 11) is 0. The summed E-state index contributed by atoms with van der Waals surface area (Å²) in [5.41, 5.74) is 4.92. The third kappa shape index (κ3) is 4.11. The average molecular weight is 400 g/mol. The number of carbonyl (C=O) groups is 3. The van der Waals surface area contributed by atoms with E-state index in [1.54, 1.807) is 17.0 Å². The van der Waals surface area contributed by atoms with Crippen LogP contribution in [0.2, 0.25) is 0 Å². The van der Waals surface area contributed by atoms with Gasteiger partial charge in [0.1, 0.15) is 0 Å². The minimum atomic E-state index is -0.337. The number of amides is 3. The van der Waals surface area contributed by atoms with Gasteiger partial charge in [-0.25, -0.2) is 0 Å². The first-order valence-electron chi connectivity index (χ1n) is 7.69. The van der Waals surface area contributed by atoms with Gasteiger partial charge in [0.25, 0.3) is 5.91 Å². The molecule has 1 aromatic rings. The summed E-state index contributed by atoms with van der Waals surface area (Å²) in [4.78, 5) is 38.6. The number of hydrazine groups is 1. The van der Waals surface area contributed by atoms with Crippen LogP contribution in [0, 0.1) is 11.8 Å². The number of hydrogen-bond acceptors (Lipinski definition) is 4. The van der Waals surface area contributed by atoms with Crippen molar-refractivity contribution >= 4 is 45.0 Å². The van der Waals surface area contributed by atoms with Gasteiger partial charge in [-0.1, -0.05) is 0 Å². The number of rotatable bonds is 3. The molecular weight excluding hydrogens is 382 g/mol. The summed E-state index contributed by atoms with van der Waals surface area (Å²) >= 11 is 4.59. The predicted octanol–water partition coefficient (Wildman–Crippen LogP) is 1.92. The Morgan fingerprint density at radius 3 is 2.57 bits per heavy atom. The highest BCUT2D eigenvalue weighted by Crippen LogP contribution is 2.32. The molecule has 1 aliphatic carbocycles. The number of halogens is 1. The van der Waals surface area contributed by atoms with Crippen molar-refractivity contribution in [3.8, 4) is 0 Å². The lowest BCUT2D eigenvalue weighted by atomic mass is 9.97. The van der Waals surface area contributed by atoms with Crippen molar-refractivity contribution in [1.29, 1.82) is 0 Å². The molecule has 6 nitrogen and oxygen atoms in total. The van der Waals surface area contributed by atoms with Gasteiger partial charge in [0.2, 0.25) is 11.8 Å². The minimum Gasteiger partial charge on any atom is -0.342 e. The van der Waals surface area contributed by atoms with E-state index in [2.05, 4.69) is 26.8 Å². The monoisotopic (exact) mass is 399 g/mol. The molecule has 3 amide bonds. The Morgan fingerprint density at radius 1 is 1.13 bits per heavy atom. The maximum Gasteiger partial charge on any atom is 0.279 e. The fraction of sp³-hybridized carbons (Fsp3) is 0.533. The molecule has 0 spiro atoms. The number of likely N-dealkylation sites (tertiary alicyclic amines) is 1. The zero-order chi connectivity index (χ0) is 16.4. The Hall–Kier alpha value is -1.41. The van der Waals surface area contributed by atoms with Crippen LogP contribution in [0.4, 0.5) is 0 Å². The van der Waals surface area contributed by atoms with Crippen LogP contribution in [-0.2, 0) is 9.59 Å². The highest BCUT2D eigenvalue weighted by Gasteiger charge is 2.36. The van der Waals surface area contributed by atoms with Crippen molar-refractivity contribution < 1.29 is 14.4 Å². The largest absolute Gasteiger partial charge is 0.342 e. The maximum atomic E-state index is 12.2. The van der Waals surface area contributed by atoms with E-state index >= 15 is 0 Å². The van der Waals surface area contributed by atoms with Crippen LogP contribution in [0.15, 0.2) is 15.9 Å². The number of nitrogens with one attached hydrogen (secondary N) is 2. The van der Waals surface area contributed by atoms with Crippen LogP contribution in [0.5, 0.6) is 0 Å². The van der Waals surface area contributed by atoms with Crippen molar-refractivity contribution in [3.63, 3.8) is 0 Å². The third-order valence-electron chi connectivity index (χ3n) is 4.13. The maximum absolute atomic E-state index is 12.2. The molecule has 124 valence electrons. The molecule has 3 rings (SSSR count). The lowest BCUT2D eigenvalue weighted by Crippen LogP contribution is -2.50. The van der Waals surface area contributed by atoms with E-state index in [0.717, 1.165) is 36.0 Å². The molecule has 1 unspecified atom stereocenters. The van der Waals surface area contributed by atoms with Crippen molar-refractivity contribution in [1.82, 2.24) is 15.8 Å². The number of hydrogen-bond donors (Lipinski definition) is 2. The summed E-state index contributed by atoms with van der Waals surface area (Å²) in [5, 5.41) is 0. The lowest BCUT2D eigenvalue weighted by Gasteiger charge is -2.32. The van der Waals surface area contributed by atoms with Gasteiger partial charge in [-0.2, -0.15) is 0 Å². The van der Waals surface area contributed by atoms with Crippen LogP contribution in [0.25, 0.3) is 0 Å². The second kappa shape index (κ2) is 7.00. The highest BCUT2D eigenvalue weighted by atomic mass is 79.9. The highest BCUT2D eigenvalue weighted by molar-refractivity contribution is 9.11. The molecule has 1 aliphatic heterocycles. The standard InChI is InChI=1S/C15H18BrN3O3S/c16-12-6-5-11(23-12)14(21)18-17-13(20)10-2-1-7-19(8-10)15(22)9-3-4-9/h5-6,9-10H,1-4,7-8H2,(H,17,20)(H,18,21). The molecule has 1 saturated carbocycles. The fourth-order valence-electron chi connectivity index (χ4n) is 2.70. The Balaban J connectivity index is 1.49. The first kappa shape index (κ1) is 16.4. The number of thiophene rings is 1. The van der Waals surface area contributed by atoms with Crippen LogP contribution in [0.1, 0.15) is 35.4 Å². The number of piperidine rings is 1. The van der Waals surface area contributed by atoms with Crippen molar-refractivity contribution in [2.75, 3.05) is 13.1 Å². The zero-order valence-electron chi connectivity index (χ0n) is 12.5. The quantitative estimate of drug-likeness (QED) is 0.762. The van der Waals surface area contributed by atoms with Gasteiger partial charge < -0.3 is 4.90 Å². The number of carbonyl (C=O) groups excluding carboxylic acids is 3. The molecule has 0 radical (unpaired) electrons. The molecule has 0 bridgehead atoms. The van der Waals surface area contributed by atoms with E-state index in [9.17, 15) is 14.4 Å². The third-order valence-corrected chi connectivity index (χ3v) is 5.75. The fourth-order valence-corrected chi connectivity index (χ4v) is 3.98. The molecule has 1 aromatic heterocycles. The summed E-state index contributed by atoms with van der Waals surface area (Å²) < 4.78 is 0.857. The van der Waals surface area contributed by atoms with Gasteiger partial charge in [0, 0.05) is 19.0 Å². The Morgan fingerprint density at radius 2 is 1.91 bits per heavy atom. The van der Waals surface area contributed by atoms with Gasteiger partial charge in [-0.15, -0.1) is 11.3 Å². The molecular formula is C15H18BrN3O3S. The van der Waals surface area contributed by atoms with Crippen molar-refractivity contribution in [2.45, 2.75) is 25.7 Å². The predicted molar refractivity (Wildman–Crippen MR) is 89.7 cm³/mol. The van der Waals surface area contributed by atoms with Gasteiger partial charge in [-0.05, 0) is 53.7 Å². The van der Waals surface area contributed by atoms with Crippen molar-refractivity contribution in [3.05, 3.63) is 20.8 Å². The topological polar surface area (TPSA) is 78.5 Å². The average Bonchev–Trinajstić information content (AvgIpc) is 3.32. The molecule has 1 saturated heterocycles. The summed E-state index contributed by atoms with van der Waals surface area (Å²) in [6, 6.07) is 3.47. The molecule has 1 atom stereocenters. The minimum absolute atomic E-state index is 0.175. The summed E-state index contributed by atoms with van der Waals surface area (Å²) in [6.45, 7) is 1.18. The molecule has 2 N–H and O–H groups in total. The van der Waals surface area contributed by atoms with Crippen LogP contribution in [-0.4, -0.2) is 35.7 Å². The van der Waals surface area contributed by atoms with E-state index in [-0.39, 0.29) is 29.6 Å². The Labute approximate surface area is 146 Å². The lowest BCUT2D eigenvalue weighted by molar-refractivity contribution is -0.137. The van der Waals surface area contributed by atoms with Crippen LogP contribution >= 0.6 is 27.3 Å². The molecule has 2 aliphatic rings. The summed E-state index contributed by atoms with van der Waals surface area (Å²) in [6.07, 6.45) is 3.50. The van der Waals surface area contributed by atoms with E-state index in [1.165, 1.54) is 11.3 Å².